The van der Waals surface area contributed by atoms with Crippen molar-refractivity contribution in [2.24, 2.45) is 0 Å². The van der Waals surface area contributed by atoms with Crippen LogP contribution in [0.3, 0.4) is 0 Å². The minimum absolute atomic E-state index is 0.265. The quantitative estimate of drug-likeness (QED) is 0.699. The van der Waals surface area contributed by atoms with E-state index >= 15 is 0 Å². The number of hydrogen-bond acceptors (Lipinski definition) is 2. The van der Waals surface area contributed by atoms with Gasteiger partial charge in [-0.15, -0.1) is 0 Å². The molecule has 0 atom stereocenters. The fraction of sp³-hybridized carbons (Fsp3) is 0. The first-order valence-corrected chi connectivity index (χ1v) is 4.47. The van der Waals surface area contributed by atoms with E-state index in [1.165, 1.54) is 6.07 Å². The van der Waals surface area contributed by atoms with Crippen LogP contribution in [0.5, 0.6) is 0 Å². The van der Waals surface area contributed by atoms with Gasteiger partial charge in [0.25, 0.3) is 0 Å². The molecule has 1 aromatic carbocycles. The maximum atomic E-state index is 12.8. The van der Waals surface area contributed by atoms with Gasteiger partial charge in [-0.25, -0.2) is 4.39 Å². The maximum Gasteiger partial charge on any atom is 0.152 e. The topological polar surface area (TPSA) is 30.0 Å². The standard InChI is InChI=1S/C12H8FNO/c13-11-6-10(8-15)12(14-7-11)9-4-2-1-3-5-9/h1-8H. The summed E-state index contributed by atoms with van der Waals surface area (Å²) >= 11 is 0. The molecule has 0 saturated heterocycles. The number of pyridine rings is 1. The molecule has 0 amide bonds. The van der Waals surface area contributed by atoms with Crippen molar-refractivity contribution in [3.05, 3.63) is 54.0 Å². The molecule has 0 aliphatic carbocycles. The Morgan fingerprint density at radius 3 is 2.60 bits per heavy atom. The van der Waals surface area contributed by atoms with Crippen molar-refractivity contribution in [1.29, 1.82) is 0 Å². The van der Waals surface area contributed by atoms with Gasteiger partial charge in [-0.3, -0.25) is 9.78 Å². The lowest BCUT2D eigenvalue weighted by Gasteiger charge is -2.03. The molecule has 2 aromatic rings. The van der Waals surface area contributed by atoms with Gasteiger partial charge < -0.3 is 0 Å². The molecule has 0 saturated carbocycles. The van der Waals surface area contributed by atoms with E-state index in [2.05, 4.69) is 4.98 Å². The number of nitrogens with zero attached hydrogens (tertiary/aromatic N) is 1. The summed E-state index contributed by atoms with van der Waals surface area (Å²) in [6.45, 7) is 0. The van der Waals surface area contributed by atoms with E-state index in [0.717, 1.165) is 11.8 Å². The lowest BCUT2D eigenvalue weighted by atomic mass is 10.1. The molecule has 1 aromatic heterocycles. The van der Waals surface area contributed by atoms with Crippen molar-refractivity contribution in [3.63, 3.8) is 0 Å². The third-order valence-corrected chi connectivity index (χ3v) is 2.06. The van der Waals surface area contributed by atoms with E-state index in [0.29, 0.717) is 12.0 Å². The van der Waals surface area contributed by atoms with Crippen molar-refractivity contribution in [1.82, 2.24) is 4.98 Å². The number of halogens is 1. The highest BCUT2D eigenvalue weighted by Gasteiger charge is 2.06. The van der Waals surface area contributed by atoms with Crippen LogP contribution in [0.4, 0.5) is 4.39 Å². The number of carbonyl (C=O) groups excluding carboxylic acids is 1. The molecule has 0 N–H and O–H groups in total. The van der Waals surface area contributed by atoms with Gasteiger partial charge in [-0.05, 0) is 6.07 Å². The predicted octanol–water partition coefficient (Wildman–Crippen LogP) is 2.70. The molecule has 0 radical (unpaired) electrons. The molecule has 15 heavy (non-hydrogen) atoms. The highest BCUT2D eigenvalue weighted by molar-refractivity contribution is 5.85. The molecule has 0 fully saturated rings. The second-order valence-electron chi connectivity index (χ2n) is 3.08. The van der Waals surface area contributed by atoms with Gasteiger partial charge in [0.15, 0.2) is 6.29 Å². The van der Waals surface area contributed by atoms with E-state index in [-0.39, 0.29) is 5.56 Å². The fourth-order valence-electron chi connectivity index (χ4n) is 1.38. The Labute approximate surface area is 86.4 Å². The number of carbonyl (C=O) groups is 1. The van der Waals surface area contributed by atoms with Gasteiger partial charge >= 0.3 is 0 Å². The Morgan fingerprint density at radius 1 is 1.20 bits per heavy atom. The van der Waals surface area contributed by atoms with Crippen molar-refractivity contribution in [3.8, 4) is 11.3 Å². The number of rotatable bonds is 2. The lowest BCUT2D eigenvalue weighted by Crippen LogP contribution is -1.93. The van der Waals surface area contributed by atoms with Crippen LogP contribution in [0.1, 0.15) is 10.4 Å². The first kappa shape index (κ1) is 9.52. The largest absolute Gasteiger partial charge is 0.298 e. The van der Waals surface area contributed by atoms with Gasteiger partial charge in [-0.2, -0.15) is 0 Å². The Hall–Kier alpha value is -2.03. The van der Waals surface area contributed by atoms with Gasteiger partial charge in [-0.1, -0.05) is 30.3 Å². The number of aldehydes is 1. The predicted molar refractivity (Wildman–Crippen MR) is 55.0 cm³/mol. The molecule has 2 rings (SSSR count). The molecule has 2 nitrogen and oxygen atoms in total. The minimum Gasteiger partial charge on any atom is -0.298 e. The number of hydrogen-bond donors (Lipinski definition) is 0. The zero-order valence-corrected chi connectivity index (χ0v) is 7.85. The zero-order valence-electron chi connectivity index (χ0n) is 7.85. The summed E-state index contributed by atoms with van der Waals surface area (Å²) in [6.07, 6.45) is 1.72. The first-order chi connectivity index (χ1) is 7.31. The van der Waals surface area contributed by atoms with Gasteiger partial charge in [0.2, 0.25) is 0 Å². The Morgan fingerprint density at radius 2 is 1.93 bits per heavy atom. The van der Waals surface area contributed by atoms with Gasteiger partial charge in [0, 0.05) is 11.1 Å². The summed E-state index contributed by atoms with van der Waals surface area (Å²) in [6, 6.07) is 10.4. The molecular formula is C12H8FNO. The van der Waals surface area contributed by atoms with Crippen LogP contribution in [-0.2, 0) is 0 Å². The second kappa shape index (κ2) is 4.00. The summed E-state index contributed by atoms with van der Waals surface area (Å²) in [5.74, 6) is -0.503. The van der Waals surface area contributed by atoms with Crippen LogP contribution in [0.15, 0.2) is 42.6 Å². The van der Waals surface area contributed by atoms with Crippen LogP contribution in [-0.4, -0.2) is 11.3 Å². The zero-order chi connectivity index (χ0) is 10.7. The molecule has 0 unspecified atom stereocenters. The van der Waals surface area contributed by atoms with Crippen LogP contribution >= 0.6 is 0 Å². The normalized spacial score (nSPS) is 9.93. The van der Waals surface area contributed by atoms with E-state index in [4.69, 9.17) is 0 Å². The number of aromatic nitrogens is 1. The molecule has 74 valence electrons. The first-order valence-electron chi connectivity index (χ1n) is 4.47. The molecule has 0 bridgehead atoms. The van der Waals surface area contributed by atoms with Crippen LogP contribution in [0.25, 0.3) is 11.3 Å². The van der Waals surface area contributed by atoms with Crippen molar-refractivity contribution in [2.75, 3.05) is 0 Å². The number of benzene rings is 1. The maximum absolute atomic E-state index is 12.8. The third kappa shape index (κ3) is 1.91. The van der Waals surface area contributed by atoms with E-state index < -0.39 is 5.82 Å². The molecule has 0 spiro atoms. The average Bonchev–Trinajstić information content (AvgIpc) is 2.30. The highest BCUT2D eigenvalue weighted by atomic mass is 19.1. The monoisotopic (exact) mass is 201 g/mol. The van der Waals surface area contributed by atoms with E-state index in [1.807, 2.05) is 30.3 Å². The summed E-state index contributed by atoms with van der Waals surface area (Å²) in [5, 5.41) is 0. The minimum atomic E-state index is -0.503. The van der Waals surface area contributed by atoms with Crippen molar-refractivity contribution in [2.45, 2.75) is 0 Å². The highest BCUT2D eigenvalue weighted by Crippen LogP contribution is 2.20. The second-order valence-corrected chi connectivity index (χ2v) is 3.08. The van der Waals surface area contributed by atoms with Gasteiger partial charge in [0.1, 0.15) is 5.82 Å². The smallest absolute Gasteiger partial charge is 0.152 e. The fourth-order valence-corrected chi connectivity index (χ4v) is 1.38. The Bertz CT molecular complexity index is 482. The summed E-state index contributed by atoms with van der Waals surface area (Å²) in [7, 11) is 0. The molecule has 3 heteroatoms. The van der Waals surface area contributed by atoms with E-state index in [1.54, 1.807) is 0 Å². The molecule has 0 aliphatic heterocycles. The van der Waals surface area contributed by atoms with Crippen LogP contribution < -0.4 is 0 Å². The molecular weight excluding hydrogens is 193 g/mol. The summed E-state index contributed by atoms with van der Waals surface area (Å²) < 4.78 is 12.8. The Balaban J connectivity index is 2.58. The average molecular weight is 201 g/mol. The van der Waals surface area contributed by atoms with Crippen molar-refractivity contribution >= 4 is 6.29 Å². The van der Waals surface area contributed by atoms with Crippen LogP contribution in [0, 0.1) is 5.82 Å². The summed E-state index contributed by atoms with van der Waals surface area (Å²) in [4.78, 5) is 14.7. The summed E-state index contributed by atoms with van der Waals surface area (Å²) in [5.41, 5.74) is 1.58. The third-order valence-electron chi connectivity index (χ3n) is 2.06. The van der Waals surface area contributed by atoms with E-state index in [9.17, 15) is 9.18 Å². The SMILES string of the molecule is O=Cc1cc(F)cnc1-c1ccccc1. The Kier molecular flexibility index (Phi) is 2.54. The lowest BCUT2D eigenvalue weighted by molar-refractivity contribution is 0.112. The molecule has 0 aliphatic rings. The van der Waals surface area contributed by atoms with Gasteiger partial charge in [0.05, 0.1) is 11.9 Å². The van der Waals surface area contributed by atoms with Crippen molar-refractivity contribution < 1.29 is 9.18 Å². The molecule has 1 heterocycles. The van der Waals surface area contributed by atoms with Crippen LogP contribution in [0.2, 0.25) is 0 Å².